The number of imidazole rings is 1. The summed E-state index contributed by atoms with van der Waals surface area (Å²) in [6, 6.07) is 20.9. The molecule has 5 heteroatoms. The molecule has 150 valence electrons. The number of nitrogens with one attached hydrogen (secondary N) is 1. The van der Waals surface area contributed by atoms with E-state index in [1.807, 2.05) is 40.2 Å². The Bertz CT molecular complexity index is 1370. The summed E-state index contributed by atoms with van der Waals surface area (Å²) in [4.78, 5) is 9.94. The molecule has 2 aliphatic carbocycles. The average molecular weight is 421 g/mol. The van der Waals surface area contributed by atoms with E-state index in [1.54, 1.807) is 23.7 Å². The molecule has 0 saturated carbocycles. The maximum atomic E-state index is 5.66. The Hall–Kier alpha value is -3.88. The highest BCUT2D eigenvalue weighted by Crippen LogP contribution is 2.36. The summed E-state index contributed by atoms with van der Waals surface area (Å²) >= 11 is 1.60. The zero-order chi connectivity index (χ0) is 21.2. The maximum absolute atomic E-state index is 5.66. The summed E-state index contributed by atoms with van der Waals surface area (Å²) in [5.41, 5.74) is 6.57. The third-order valence-corrected chi connectivity index (χ3v) is 6.15. The topological polar surface area (TPSA) is 42.2 Å². The molecule has 0 fully saturated rings. The van der Waals surface area contributed by atoms with Crippen molar-refractivity contribution in [1.82, 2.24) is 14.4 Å². The Kier molecular flexibility index (Phi) is 4.99. The minimum Gasteiger partial charge on any atom is -0.363 e. The summed E-state index contributed by atoms with van der Waals surface area (Å²) in [5, 5.41) is 5.60. The van der Waals surface area contributed by atoms with Gasteiger partial charge >= 0.3 is 0 Å². The van der Waals surface area contributed by atoms with Gasteiger partial charge in [-0.2, -0.15) is 0 Å². The van der Waals surface area contributed by atoms with Gasteiger partial charge in [-0.05, 0) is 41.1 Å². The van der Waals surface area contributed by atoms with Gasteiger partial charge in [-0.1, -0.05) is 54.5 Å². The van der Waals surface area contributed by atoms with Crippen LogP contribution in [0.5, 0.6) is 0 Å². The molecule has 0 spiro atoms. The smallest absolute Gasteiger partial charge is 0.157 e. The molecule has 2 aliphatic rings. The van der Waals surface area contributed by atoms with Crippen molar-refractivity contribution in [3.05, 3.63) is 95.8 Å². The van der Waals surface area contributed by atoms with Gasteiger partial charge in [0.25, 0.3) is 0 Å². The molecule has 1 unspecified atom stereocenters. The number of benzene rings is 2. The van der Waals surface area contributed by atoms with E-state index in [1.165, 1.54) is 16.7 Å². The second kappa shape index (κ2) is 8.10. The van der Waals surface area contributed by atoms with Gasteiger partial charge in [-0.15, -0.1) is 17.8 Å². The van der Waals surface area contributed by atoms with Crippen LogP contribution < -0.4 is 5.32 Å². The number of nitrogens with zero attached hydrogens (tertiary/aromatic N) is 3. The Balaban J connectivity index is 0.000000289. The number of fused-ring (bicyclic) bond motifs is 2. The minimum atomic E-state index is 0.127. The second-order valence-corrected chi connectivity index (χ2v) is 8.19. The lowest BCUT2D eigenvalue weighted by molar-refractivity contribution is 0.870. The predicted octanol–water partition coefficient (Wildman–Crippen LogP) is 6.28. The summed E-state index contributed by atoms with van der Waals surface area (Å²) in [6.45, 7) is 2.14. The molecule has 3 aromatic heterocycles. The van der Waals surface area contributed by atoms with E-state index in [-0.39, 0.29) is 6.04 Å². The van der Waals surface area contributed by atoms with Crippen LogP contribution in [0.3, 0.4) is 0 Å². The van der Waals surface area contributed by atoms with Crippen LogP contribution in [0.4, 0.5) is 5.82 Å². The predicted molar refractivity (Wildman–Crippen MR) is 128 cm³/mol. The number of anilines is 1. The molecule has 0 amide bonds. The summed E-state index contributed by atoms with van der Waals surface area (Å²) in [6.07, 6.45) is 11.1. The lowest BCUT2D eigenvalue weighted by atomic mass is 10.1. The fourth-order valence-electron chi connectivity index (χ4n) is 3.52. The molecule has 0 saturated heterocycles. The van der Waals surface area contributed by atoms with Crippen LogP contribution in [0, 0.1) is 12.3 Å². The van der Waals surface area contributed by atoms with Gasteiger partial charge in [-0.25, -0.2) is 4.98 Å². The van der Waals surface area contributed by atoms with Crippen molar-refractivity contribution in [2.24, 2.45) is 0 Å². The van der Waals surface area contributed by atoms with Crippen LogP contribution in [0.25, 0.3) is 27.3 Å². The van der Waals surface area contributed by atoms with E-state index in [2.05, 4.69) is 59.5 Å². The number of hydrogen-bond acceptors (Lipinski definition) is 4. The van der Waals surface area contributed by atoms with Crippen molar-refractivity contribution in [3.63, 3.8) is 0 Å². The Morgan fingerprint density at radius 2 is 1.87 bits per heavy atom. The minimum absolute atomic E-state index is 0.127. The maximum Gasteiger partial charge on any atom is 0.157 e. The van der Waals surface area contributed by atoms with Gasteiger partial charge in [-0.3, -0.25) is 9.38 Å². The first-order chi connectivity index (χ1) is 15.2. The molecular weight excluding hydrogens is 400 g/mol. The molecule has 0 bridgehead atoms. The fraction of sp³-hybridized carbons (Fsp3) is 0.0769. The van der Waals surface area contributed by atoms with Gasteiger partial charge in [0.15, 0.2) is 5.65 Å². The van der Waals surface area contributed by atoms with Crippen molar-refractivity contribution in [2.75, 3.05) is 5.32 Å². The van der Waals surface area contributed by atoms with Crippen molar-refractivity contribution in [2.45, 2.75) is 13.0 Å². The fourth-order valence-corrected chi connectivity index (χ4v) is 4.36. The number of terminal acetylenes is 1. The molecule has 31 heavy (non-hydrogen) atoms. The molecule has 4 aromatic rings. The van der Waals surface area contributed by atoms with Gasteiger partial charge in [0, 0.05) is 24.0 Å². The molecule has 0 radical (unpaired) electrons. The van der Waals surface area contributed by atoms with Crippen molar-refractivity contribution in [3.8, 4) is 34.0 Å². The van der Waals surface area contributed by atoms with Crippen LogP contribution in [0.15, 0.2) is 84.6 Å². The van der Waals surface area contributed by atoms with E-state index in [0.717, 1.165) is 27.6 Å². The third-order valence-electron chi connectivity index (χ3n) is 5.23. The number of aromatic nitrogens is 3. The highest BCUT2D eigenvalue weighted by molar-refractivity contribution is 7.13. The lowest BCUT2D eigenvalue weighted by Gasteiger charge is -2.16. The first-order valence-electron chi connectivity index (χ1n) is 10.0. The highest BCUT2D eigenvalue weighted by atomic mass is 32.1. The second-order valence-electron chi connectivity index (χ2n) is 7.28. The van der Waals surface area contributed by atoms with Gasteiger partial charge in [0.1, 0.15) is 11.5 Å². The normalized spacial score (nSPS) is 11.9. The first-order valence-corrected chi connectivity index (χ1v) is 10.9. The zero-order valence-corrected chi connectivity index (χ0v) is 17.8. The molecule has 3 heterocycles. The summed E-state index contributed by atoms with van der Waals surface area (Å²) < 4.78 is 2.02. The quantitative estimate of drug-likeness (QED) is 0.341. The molecule has 4 nitrogen and oxygen atoms in total. The van der Waals surface area contributed by atoms with Crippen molar-refractivity contribution < 1.29 is 0 Å². The Morgan fingerprint density at radius 1 is 1.06 bits per heavy atom. The monoisotopic (exact) mass is 420 g/mol. The molecular formula is C26H20N4S. The van der Waals surface area contributed by atoms with E-state index in [9.17, 15) is 0 Å². The van der Waals surface area contributed by atoms with Crippen LogP contribution in [-0.4, -0.2) is 14.4 Å². The van der Waals surface area contributed by atoms with Crippen molar-refractivity contribution >= 4 is 22.8 Å². The molecule has 1 N–H and O–H groups in total. The van der Waals surface area contributed by atoms with E-state index in [0.29, 0.717) is 0 Å². The average Bonchev–Trinajstić information content (AvgIpc) is 3.19. The number of hydrogen-bond donors (Lipinski definition) is 1. The highest BCUT2D eigenvalue weighted by Gasteiger charge is 2.19. The largest absolute Gasteiger partial charge is 0.363 e. The zero-order valence-electron chi connectivity index (χ0n) is 17.0. The van der Waals surface area contributed by atoms with Crippen LogP contribution in [-0.2, 0) is 0 Å². The first kappa shape index (κ1) is 19.1. The van der Waals surface area contributed by atoms with E-state index < -0.39 is 0 Å². The van der Waals surface area contributed by atoms with Gasteiger partial charge in [0.2, 0.25) is 0 Å². The molecule has 6 rings (SSSR count). The number of thiophene rings is 1. The van der Waals surface area contributed by atoms with Gasteiger partial charge < -0.3 is 5.32 Å². The Morgan fingerprint density at radius 3 is 2.55 bits per heavy atom. The molecule has 1 aromatic carbocycles. The Labute approximate surface area is 185 Å². The van der Waals surface area contributed by atoms with Crippen LogP contribution in [0.1, 0.15) is 24.1 Å². The SMILES string of the molecule is C#Cc1ccsc1-c1nc2cnccn2c1NC(C)c1ccccc1.c1cc2cc-2c1. The molecule has 0 aliphatic heterocycles. The standard InChI is InChI=1S/C20H16N4S.C6H4/c1-3-15-9-12-25-19(15)18-20(24-11-10-21-13-17(24)23-18)22-14(2)16-7-5-4-6-8-16;1-2-5-4-6(5)3-1/h1,4-14,22H,2H3;1-4H. The van der Waals surface area contributed by atoms with Crippen LogP contribution in [0.2, 0.25) is 0 Å². The van der Waals surface area contributed by atoms with Crippen molar-refractivity contribution in [1.29, 1.82) is 0 Å². The van der Waals surface area contributed by atoms with E-state index in [4.69, 9.17) is 11.4 Å². The van der Waals surface area contributed by atoms with E-state index >= 15 is 0 Å². The third kappa shape index (κ3) is 3.81. The van der Waals surface area contributed by atoms with Gasteiger partial charge in [0.05, 0.1) is 11.1 Å². The summed E-state index contributed by atoms with van der Waals surface area (Å²) in [5.74, 6) is 3.67. The summed E-state index contributed by atoms with van der Waals surface area (Å²) in [7, 11) is 0. The molecule has 1 atom stereocenters. The lowest BCUT2D eigenvalue weighted by Crippen LogP contribution is -2.09. The van der Waals surface area contributed by atoms with Crippen LogP contribution >= 0.6 is 11.3 Å². The number of rotatable bonds is 4.